The maximum absolute atomic E-state index is 11.3. The van der Waals surface area contributed by atoms with Gasteiger partial charge in [-0.25, -0.2) is 0 Å². The molecular weight excluding hydrogens is 294 g/mol. The molecule has 2 aliphatic rings. The van der Waals surface area contributed by atoms with E-state index >= 15 is 0 Å². The Labute approximate surface area is 136 Å². The van der Waals surface area contributed by atoms with E-state index < -0.39 is 6.04 Å². The zero-order valence-corrected chi connectivity index (χ0v) is 13.4. The molecule has 5 nitrogen and oxygen atoms in total. The minimum atomic E-state index is -0.564. The summed E-state index contributed by atoms with van der Waals surface area (Å²) in [4.78, 5) is 11.1. The zero-order valence-electron chi connectivity index (χ0n) is 13.4. The highest BCUT2D eigenvalue weighted by molar-refractivity contribution is 5.44. The molecule has 23 heavy (non-hydrogen) atoms. The number of benzene rings is 1. The molecule has 0 spiro atoms. The summed E-state index contributed by atoms with van der Waals surface area (Å²) in [6.45, 7) is 0. The molecule has 1 saturated carbocycles. The first-order chi connectivity index (χ1) is 11.2. The molecule has 1 aromatic carbocycles. The van der Waals surface area contributed by atoms with Crippen LogP contribution in [0, 0.1) is 10.1 Å². The van der Waals surface area contributed by atoms with Crippen molar-refractivity contribution in [1.82, 2.24) is 0 Å². The quantitative estimate of drug-likeness (QED) is 0.466. The van der Waals surface area contributed by atoms with E-state index in [2.05, 4.69) is 0 Å². The third-order valence-electron chi connectivity index (χ3n) is 4.88. The van der Waals surface area contributed by atoms with Crippen LogP contribution >= 0.6 is 0 Å². The van der Waals surface area contributed by atoms with Gasteiger partial charge in [0.25, 0.3) is 0 Å². The second-order valence-corrected chi connectivity index (χ2v) is 6.34. The molecule has 5 heteroatoms. The topological polar surface area (TPSA) is 61.6 Å². The van der Waals surface area contributed by atoms with Gasteiger partial charge in [-0.15, -0.1) is 0 Å². The van der Waals surface area contributed by atoms with Crippen LogP contribution in [0.1, 0.15) is 50.0 Å². The van der Waals surface area contributed by atoms with Crippen LogP contribution in [0.4, 0.5) is 0 Å². The fourth-order valence-corrected chi connectivity index (χ4v) is 3.59. The molecule has 0 radical (unpaired) electrons. The van der Waals surface area contributed by atoms with Crippen molar-refractivity contribution in [2.45, 2.75) is 56.6 Å². The van der Waals surface area contributed by atoms with Gasteiger partial charge in [-0.05, 0) is 49.8 Å². The fourth-order valence-electron chi connectivity index (χ4n) is 3.59. The van der Waals surface area contributed by atoms with Crippen molar-refractivity contribution in [2.75, 3.05) is 7.11 Å². The number of nitro groups is 1. The van der Waals surface area contributed by atoms with Crippen LogP contribution in [0.2, 0.25) is 0 Å². The van der Waals surface area contributed by atoms with E-state index in [0.29, 0.717) is 18.6 Å². The van der Waals surface area contributed by atoms with Crippen molar-refractivity contribution >= 4 is 0 Å². The Morgan fingerprint density at radius 2 is 1.87 bits per heavy atom. The van der Waals surface area contributed by atoms with Gasteiger partial charge >= 0.3 is 0 Å². The summed E-state index contributed by atoms with van der Waals surface area (Å²) in [5.74, 6) is 1.31. The van der Waals surface area contributed by atoms with Crippen LogP contribution in [-0.2, 0) is 0 Å². The zero-order chi connectivity index (χ0) is 16.2. The molecule has 0 heterocycles. The average Bonchev–Trinajstić information content (AvgIpc) is 3.08. The summed E-state index contributed by atoms with van der Waals surface area (Å²) < 4.78 is 11.5. The number of rotatable bonds is 5. The predicted octanol–water partition coefficient (Wildman–Crippen LogP) is 4.10. The average molecular weight is 317 g/mol. The van der Waals surface area contributed by atoms with Crippen molar-refractivity contribution in [1.29, 1.82) is 0 Å². The van der Waals surface area contributed by atoms with Crippen LogP contribution in [0.5, 0.6) is 11.5 Å². The van der Waals surface area contributed by atoms with Gasteiger partial charge < -0.3 is 9.47 Å². The number of methoxy groups -OCH3 is 1. The van der Waals surface area contributed by atoms with Crippen molar-refractivity contribution < 1.29 is 14.4 Å². The van der Waals surface area contributed by atoms with Crippen LogP contribution < -0.4 is 9.47 Å². The molecule has 0 aromatic heterocycles. The second kappa shape index (κ2) is 7.02. The molecule has 0 N–H and O–H groups in total. The highest BCUT2D eigenvalue weighted by atomic mass is 16.6. The van der Waals surface area contributed by atoms with Crippen molar-refractivity contribution in [3.63, 3.8) is 0 Å². The number of ether oxygens (including phenoxy) is 2. The van der Waals surface area contributed by atoms with Gasteiger partial charge in [0.2, 0.25) is 6.04 Å². The third kappa shape index (κ3) is 3.49. The van der Waals surface area contributed by atoms with E-state index in [1.54, 1.807) is 7.11 Å². The SMILES string of the molecule is COc1cc([C@@H]2CC=CC[C@H]2[N+](=O)[O-])ccc1OC1CCCC1. The monoisotopic (exact) mass is 317 g/mol. The molecule has 0 aliphatic heterocycles. The summed E-state index contributed by atoms with van der Waals surface area (Å²) in [5.41, 5.74) is 0.951. The molecule has 0 bridgehead atoms. The van der Waals surface area contributed by atoms with E-state index in [-0.39, 0.29) is 16.9 Å². The van der Waals surface area contributed by atoms with Crippen molar-refractivity contribution in [3.8, 4) is 11.5 Å². The van der Waals surface area contributed by atoms with Gasteiger partial charge in [0, 0.05) is 11.3 Å². The second-order valence-electron chi connectivity index (χ2n) is 6.34. The normalized spacial score (nSPS) is 24.6. The first-order valence-electron chi connectivity index (χ1n) is 8.32. The first kappa shape index (κ1) is 15.8. The number of hydrogen-bond acceptors (Lipinski definition) is 4. The Balaban J connectivity index is 1.82. The van der Waals surface area contributed by atoms with Gasteiger partial charge in [-0.2, -0.15) is 0 Å². The number of nitrogens with zero attached hydrogens (tertiary/aromatic N) is 1. The molecule has 2 atom stereocenters. The predicted molar refractivity (Wildman–Crippen MR) is 87.8 cm³/mol. The Morgan fingerprint density at radius 3 is 2.57 bits per heavy atom. The van der Waals surface area contributed by atoms with E-state index in [1.807, 2.05) is 30.4 Å². The molecule has 1 fully saturated rings. The maximum Gasteiger partial charge on any atom is 0.223 e. The number of allylic oxidation sites excluding steroid dienone is 1. The van der Waals surface area contributed by atoms with Crippen LogP contribution in [0.15, 0.2) is 30.4 Å². The maximum atomic E-state index is 11.3. The molecule has 2 aliphatic carbocycles. The summed E-state index contributed by atoms with van der Waals surface area (Å²) >= 11 is 0. The van der Waals surface area contributed by atoms with E-state index in [1.165, 1.54) is 12.8 Å². The molecule has 124 valence electrons. The smallest absolute Gasteiger partial charge is 0.223 e. The van der Waals surface area contributed by atoms with Gasteiger partial charge in [-0.1, -0.05) is 18.2 Å². The molecule has 0 unspecified atom stereocenters. The minimum Gasteiger partial charge on any atom is -0.493 e. The Morgan fingerprint density at radius 1 is 1.13 bits per heavy atom. The van der Waals surface area contributed by atoms with E-state index in [0.717, 1.165) is 24.2 Å². The Bertz CT molecular complexity index is 593. The van der Waals surface area contributed by atoms with Gasteiger partial charge in [0.1, 0.15) is 0 Å². The summed E-state index contributed by atoms with van der Waals surface area (Å²) in [5, 5.41) is 11.3. The van der Waals surface area contributed by atoms with E-state index in [9.17, 15) is 10.1 Å². The summed E-state index contributed by atoms with van der Waals surface area (Å²) in [6, 6.07) is 5.20. The molecular formula is C18H23NO4. The lowest BCUT2D eigenvalue weighted by molar-refractivity contribution is -0.526. The lowest BCUT2D eigenvalue weighted by atomic mass is 9.83. The standard InChI is InChI=1S/C18H23NO4/c1-22-18-12-13(15-8-4-5-9-16(15)19(20)21)10-11-17(18)23-14-6-2-3-7-14/h4-5,10-12,14-16H,2-3,6-9H2,1H3/t15-,16+/m0/s1. The lowest BCUT2D eigenvalue weighted by Gasteiger charge is -2.23. The van der Waals surface area contributed by atoms with E-state index in [4.69, 9.17) is 9.47 Å². The van der Waals surface area contributed by atoms with Crippen molar-refractivity contribution in [3.05, 3.63) is 46.0 Å². The minimum absolute atomic E-state index is 0.107. The Hall–Kier alpha value is -2.04. The largest absolute Gasteiger partial charge is 0.493 e. The van der Waals surface area contributed by atoms with Gasteiger partial charge in [0.05, 0.1) is 19.1 Å². The first-order valence-corrected chi connectivity index (χ1v) is 8.32. The highest BCUT2D eigenvalue weighted by Gasteiger charge is 2.33. The fraction of sp³-hybridized carbons (Fsp3) is 0.556. The molecule has 0 amide bonds. The van der Waals surface area contributed by atoms with Gasteiger partial charge in [-0.3, -0.25) is 10.1 Å². The lowest BCUT2D eigenvalue weighted by Crippen LogP contribution is -2.28. The van der Waals surface area contributed by atoms with Crippen LogP contribution in [0.3, 0.4) is 0 Å². The van der Waals surface area contributed by atoms with Crippen LogP contribution in [0.25, 0.3) is 0 Å². The Kier molecular flexibility index (Phi) is 4.84. The third-order valence-corrected chi connectivity index (χ3v) is 4.88. The molecule has 0 saturated heterocycles. The summed E-state index contributed by atoms with van der Waals surface area (Å²) in [7, 11) is 1.62. The van der Waals surface area contributed by atoms with Gasteiger partial charge in [0.15, 0.2) is 11.5 Å². The summed E-state index contributed by atoms with van der Waals surface area (Å²) in [6.07, 6.45) is 9.97. The van der Waals surface area contributed by atoms with Crippen molar-refractivity contribution in [2.24, 2.45) is 0 Å². The van der Waals surface area contributed by atoms with Crippen LogP contribution in [-0.4, -0.2) is 24.2 Å². The highest BCUT2D eigenvalue weighted by Crippen LogP contribution is 2.38. The molecule has 3 rings (SSSR count). The molecule has 1 aromatic rings. The number of hydrogen-bond donors (Lipinski definition) is 0.